The monoisotopic (exact) mass is 252 g/mol. The summed E-state index contributed by atoms with van der Waals surface area (Å²) in [5.74, 6) is 0.119. The van der Waals surface area contributed by atoms with Crippen LogP contribution in [0, 0.1) is 23.7 Å². The number of hydrogen-bond acceptors (Lipinski definition) is 5. The lowest BCUT2D eigenvalue weighted by Crippen LogP contribution is -2.35. The molecule has 0 aromatic heterocycles. The first-order valence-corrected chi connectivity index (χ1v) is 6.28. The number of carbonyl (C=O) groups excluding carboxylic acids is 2. The Morgan fingerprint density at radius 1 is 1.44 bits per heavy atom. The fraction of sp³-hybridized carbons (Fsp3) is 0.692. The highest BCUT2D eigenvalue weighted by molar-refractivity contribution is 5.88. The predicted octanol–water partition coefficient (Wildman–Crippen LogP) is 0.276. The molecule has 0 radical (unpaired) electrons. The van der Waals surface area contributed by atoms with Crippen molar-refractivity contribution in [1.29, 1.82) is 0 Å². The summed E-state index contributed by atoms with van der Waals surface area (Å²) >= 11 is 0. The van der Waals surface area contributed by atoms with Gasteiger partial charge in [-0.2, -0.15) is 0 Å². The number of aliphatic hydroxyl groups excluding tert-OH is 1. The van der Waals surface area contributed by atoms with Gasteiger partial charge in [0.15, 0.2) is 0 Å². The molecule has 5 heteroatoms. The minimum Gasteiger partial charge on any atom is -0.465 e. The van der Waals surface area contributed by atoms with E-state index in [1.54, 1.807) is 0 Å². The highest BCUT2D eigenvalue weighted by atomic mass is 16.6. The van der Waals surface area contributed by atoms with Gasteiger partial charge in [0.1, 0.15) is 6.10 Å². The summed E-state index contributed by atoms with van der Waals surface area (Å²) < 4.78 is 10.5. The molecule has 0 spiro atoms. The minimum atomic E-state index is -0.531. The molecular weight excluding hydrogens is 236 g/mol. The Kier molecular flexibility index (Phi) is 2.66. The summed E-state index contributed by atoms with van der Waals surface area (Å²) in [7, 11) is 0. The van der Waals surface area contributed by atoms with Gasteiger partial charge in [-0.3, -0.25) is 4.79 Å². The fourth-order valence-electron chi connectivity index (χ4n) is 3.72. The van der Waals surface area contributed by atoms with Gasteiger partial charge in [0.2, 0.25) is 0 Å². The highest BCUT2D eigenvalue weighted by Crippen LogP contribution is 2.56. The van der Waals surface area contributed by atoms with Crippen LogP contribution in [0.1, 0.15) is 12.8 Å². The molecule has 1 heterocycles. The first-order chi connectivity index (χ1) is 8.61. The van der Waals surface area contributed by atoms with Gasteiger partial charge in [-0.25, -0.2) is 4.79 Å². The Labute approximate surface area is 105 Å². The normalized spacial score (nSPS) is 40.5. The van der Waals surface area contributed by atoms with Crippen molar-refractivity contribution in [3.05, 3.63) is 12.2 Å². The molecule has 0 aromatic rings. The van der Waals surface area contributed by atoms with Crippen molar-refractivity contribution in [2.75, 3.05) is 13.2 Å². The van der Waals surface area contributed by atoms with Crippen molar-refractivity contribution in [3.63, 3.8) is 0 Å². The second kappa shape index (κ2) is 4.09. The summed E-state index contributed by atoms with van der Waals surface area (Å²) in [6, 6.07) is 0. The molecule has 1 aliphatic heterocycles. The number of fused-ring (bicyclic) bond motifs is 5. The van der Waals surface area contributed by atoms with Gasteiger partial charge in [-0.1, -0.05) is 6.58 Å². The van der Waals surface area contributed by atoms with Crippen molar-refractivity contribution in [2.45, 2.75) is 18.9 Å². The largest absolute Gasteiger partial charge is 0.465 e. The molecule has 3 fully saturated rings. The molecule has 5 unspecified atom stereocenters. The van der Waals surface area contributed by atoms with Crippen LogP contribution < -0.4 is 0 Å². The molecule has 1 N–H and O–H groups in total. The zero-order valence-electron chi connectivity index (χ0n) is 10.0. The van der Waals surface area contributed by atoms with Crippen molar-refractivity contribution in [3.8, 4) is 0 Å². The van der Waals surface area contributed by atoms with Gasteiger partial charge in [0.25, 0.3) is 0 Å². The van der Waals surface area contributed by atoms with Crippen LogP contribution >= 0.6 is 0 Å². The smallest absolute Gasteiger partial charge is 0.336 e. The van der Waals surface area contributed by atoms with E-state index in [1.165, 1.54) is 0 Å². The average Bonchev–Trinajstić information content (AvgIpc) is 3.01. The van der Waals surface area contributed by atoms with E-state index < -0.39 is 5.97 Å². The molecule has 98 valence electrons. The third-order valence-electron chi connectivity index (χ3n) is 4.53. The number of aliphatic hydroxyl groups is 1. The van der Waals surface area contributed by atoms with E-state index in [2.05, 4.69) is 6.58 Å². The molecule has 2 aliphatic carbocycles. The van der Waals surface area contributed by atoms with E-state index in [-0.39, 0.29) is 47.9 Å². The summed E-state index contributed by atoms with van der Waals surface area (Å²) in [6.07, 6.45) is 1.51. The van der Waals surface area contributed by atoms with E-state index in [4.69, 9.17) is 14.6 Å². The van der Waals surface area contributed by atoms with Gasteiger partial charge in [0.05, 0.1) is 24.7 Å². The van der Waals surface area contributed by atoms with Crippen LogP contribution in [0.2, 0.25) is 0 Å². The van der Waals surface area contributed by atoms with Crippen molar-refractivity contribution in [2.24, 2.45) is 23.7 Å². The van der Waals surface area contributed by atoms with Crippen molar-refractivity contribution >= 4 is 11.9 Å². The molecule has 2 saturated carbocycles. The van der Waals surface area contributed by atoms with E-state index in [0.29, 0.717) is 6.61 Å². The number of rotatable bonds is 3. The molecule has 0 amide bonds. The first-order valence-electron chi connectivity index (χ1n) is 6.28. The zero-order chi connectivity index (χ0) is 12.9. The number of cyclic esters (lactones) is 1. The van der Waals surface area contributed by atoms with Gasteiger partial charge in [0, 0.05) is 11.8 Å². The first kappa shape index (κ1) is 11.7. The van der Waals surface area contributed by atoms with Gasteiger partial charge < -0.3 is 14.6 Å². The van der Waals surface area contributed by atoms with Gasteiger partial charge in [-0.15, -0.1) is 0 Å². The van der Waals surface area contributed by atoms with E-state index in [0.717, 1.165) is 12.8 Å². The molecule has 5 atom stereocenters. The highest BCUT2D eigenvalue weighted by Gasteiger charge is 2.60. The summed E-state index contributed by atoms with van der Waals surface area (Å²) in [5.41, 5.74) is 0.0769. The molecular formula is C13H16O5. The maximum Gasteiger partial charge on any atom is 0.336 e. The Hall–Kier alpha value is -1.36. The van der Waals surface area contributed by atoms with Crippen LogP contribution in [0.4, 0.5) is 0 Å². The van der Waals surface area contributed by atoms with Gasteiger partial charge >= 0.3 is 11.9 Å². The zero-order valence-corrected chi connectivity index (χ0v) is 10.0. The lowest BCUT2D eigenvalue weighted by molar-refractivity contribution is -0.148. The van der Waals surface area contributed by atoms with Crippen LogP contribution in [-0.2, 0) is 19.1 Å². The molecule has 3 aliphatic rings. The summed E-state index contributed by atoms with van der Waals surface area (Å²) in [5, 5.41) is 8.83. The summed E-state index contributed by atoms with van der Waals surface area (Å²) in [6.45, 7) is 3.53. The summed E-state index contributed by atoms with van der Waals surface area (Å²) in [4.78, 5) is 23.1. The molecule has 1 saturated heterocycles. The van der Waals surface area contributed by atoms with Crippen molar-refractivity contribution < 1.29 is 24.2 Å². The number of hydrogen-bond donors (Lipinski definition) is 1. The van der Waals surface area contributed by atoms with Crippen LogP contribution in [0.25, 0.3) is 0 Å². The van der Waals surface area contributed by atoms with Crippen LogP contribution in [-0.4, -0.2) is 36.4 Å². The third kappa shape index (κ3) is 1.57. The lowest BCUT2D eigenvalue weighted by Gasteiger charge is -2.28. The lowest BCUT2D eigenvalue weighted by atomic mass is 9.80. The second-order valence-electron chi connectivity index (χ2n) is 5.42. The Morgan fingerprint density at radius 3 is 2.94 bits per heavy atom. The Morgan fingerprint density at radius 2 is 2.22 bits per heavy atom. The van der Waals surface area contributed by atoms with E-state index in [1.807, 2.05) is 0 Å². The minimum absolute atomic E-state index is 0.0194. The van der Waals surface area contributed by atoms with Gasteiger partial charge in [-0.05, 0) is 18.8 Å². The predicted molar refractivity (Wildman–Crippen MR) is 60.3 cm³/mol. The number of carbonyl (C=O) groups is 2. The standard InChI is InChI=1S/C13H16O5/c1-6(4-14)12(15)18-10-3-7-2-8(10)9-5-17-13(16)11(7)9/h7-11,14H,1-5H2. The number of ether oxygens (including phenoxy) is 2. The second-order valence-corrected chi connectivity index (χ2v) is 5.42. The van der Waals surface area contributed by atoms with Crippen LogP contribution in [0.3, 0.4) is 0 Å². The maximum atomic E-state index is 11.6. The van der Waals surface area contributed by atoms with E-state index >= 15 is 0 Å². The Bertz CT molecular complexity index is 416. The Balaban J connectivity index is 1.67. The fourth-order valence-corrected chi connectivity index (χ4v) is 3.72. The molecule has 5 nitrogen and oxygen atoms in total. The SMILES string of the molecule is C=C(CO)C(=O)OC1CC2CC1C1COC(=O)C21. The molecule has 2 bridgehead atoms. The van der Waals surface area contributed by atoms with E-state index in [9.17, 15) is 9.59 Å². The molecule has 18 heavy (non-hydrogen) atoms. The van der Waals surface area contributed by atoms with Crippen LogP contribution in [0.15, 0.2) is 12.2 Å². The molecule has 3 rings (SSSR count). The van der Waals surface area contributed by atoms with Crippen molar-refractivity contribution in [1.82, 2.24) is 0 Å². The maximum absolute atomic E-state index is 11.6. The molecule has 0 aromatic carbocycles. The quantitative estimate of drug-likeness (QED) is 0.577. The third-order valence-corrected chi connectivity index (χ3v) is 4.53. The average molecular weight is 252 g/mol. The van der Waals surface area contributed by atoms with Crippen LogP contribution in [0.5, 0.6) is 0 Å². The topological polar surface area (TPSA) is 72.8 Å². The number of esters is 2.